The van der Waals surface area contributed by atoms with E-state index in [4.69, 9.17) is 0 Å². The maximum Gasteiger partial charge on any atom is 0.315 e. The van der Waals surface area contributed by atoms with Crippen molar-refractivity contribution in [1.29, 1.82) is 0 Å². The Balaban J connectivity index is 1.20. The van der Waals surface area contributed by atoms with Crippen LogP contribution in [-0.4, -0.2) is 41.1 Å². The van der Waals surface area contributed by atoms with Gasteiger partial charge in [0, 0.05) is 23.5 Å². The highest BCUT2D eigenvalue weighted by molar-refractivity contribution is 8.00. The fourth-order valence-electron chi connectivity index (χ4n) is 5.12. The Bertz CT molecular complexity index is 693. The Morgan fingerprint density at radius 1 is 1.14 bits per heavy atom. The standard InChI is InChI=1S/C23H33N3O2S/c27-21(13-7-6-12-20-22-19(15-29-20)25-23(28)26-22)24-18(17-10-4-5-11-17)14-16-8-2-1-3-9-16/h1-3,8-9,17-20,22H,4-7,10-15H2,(H,24,27)(H2,25,26,28)/t18?,19-,20-,22-/m0/s1. The summed E-state index contributed by atoms with van der Waals surface area (Å²) in [6.45, 7) is 0. The summed E-state index contributed by atoms with van der Waals surface area (Å²) >= 11 is 1.95. The van der Waals surface area contributed by atoms with E-state index in [0.717, 1.165) is 31.4 Å². The number of thioether (sulfide) groups is 1. The molecule has 2 saturated heterocycles. The minimum Gasteiger partial charge on any atom is -0.353 e. The Morgan fingerprint density at radius 2 is 1.93 bits per heavy atom. The van der Waals surface area contributed by atoms with Gasteiger partial charge in [-0.25, -0.2) is 4.79 Å². The van der Waals surface area contributed by atoms with Gasteiger partial charge in [-0.05, 0) is 43.6 Å². The van der Waals surface area contributed by atoms with Gasteiger partial charge in [-0.3, -0.25) is 4.79 Å². The van der Waals surface area contributed by atoms with Crippen molar-refractivity contribution < 1.29 is 9.59 Å². The van der Waals surface area contributed by atoms with Gasteiger partial charge in [0.05, 0.1) is 12.1 Å². The van der Waals surface area contributed by atoms with E-state index >= 15 is 0 Å². The summed E-state index contributed by atoms with van der Waals surface area (Å²) in [7, 11) is 0. The highest BCUT2D eigenvalue weighted by Crippen LogP contribution is 2.33. The van der Waals surface area contributed by atoms with Crippen LogP contribution in [0.3, 0.4) is 0 Å². The number of urea groups is 1. The van der Waals surface area contributed by atoms with E-state index in [1.165, 1.54) is 31.2 Å². The van der Waals surface area contributed by atoms with Crippen LogP contribution < -0.4 is 16.0 Å². The van der Waals surface area contributed by atoms with Gasteiger partial charge in [0.1, 0.15) is 0 Å². The number of carbonyl (C=O) groups is 2. The predicted molar refractivity (Wildman–Crippen MR) is 118 cm³/mol. The second kappa shape index (κ2) is 9.88. The normalized spacial score (nSPS) is 27.3. The van der Waals surface area contributed by atoms with Crippen LogP contribution in [0.15, 0.2) is 30.3 Å². The Kier molecular flexibility index (Phi) is 7.01. The average Bonchev–Trinajstić information content (AvgIpc) is 3.44. The number of hydrogen-bond donors (Lipinski definition) is 3. The molecule has 3 fully saturated rings. The van der Waals surface area contributed by atoms with E-state index in [1.807, 2.05) is 17.8 Å². The second-order valence-electron chi connectivity index (χ2n) is 8.78. The molecule has 4 atom stereocenters. The zero-order chi connectivity index (χ0) is 20.1. The number of benzene rings is 1. The number of nitrogens with one attached hydrogen (secondary N) is 3. The zero-order valence-electron chi connectivity index (χ0n) is 17.1. The number of unbranched alkanes of at least 4 members (excludes halogenated alkanes) is 1. The molecule has 1 unspecified atom stereocenters. The van der Waals surface area contributed by atoms with Gasteiger partial charge in [0.25, 0.3) is 0 Å². The average molecular weight is 416 g/mol. The molecule has 6 heteroatoms. The van der Waals surface area contributed by atoms with Crippen molar-refractivity contribution in [2.24, 2.45) is 5.92 Å². The molecule has 0 spiro atoms. The Hall–Kier alpha value is -1.69. The van der Waals surface area contributed by atoms with Crippen molar-refractivity contribution >= 4 is 23.7 Å². The molecule has 29 heavy (non-hydrogen) atoms. The Morgan fingerprint density at radius 3 is 2.72 bits per heavy atom. The molecule has 3 amide bonds. The maximum atomic E-state index is 12.6. The molecular weight excluding hydrogens is 382 g/mol. The summed E-state index contributed by atoms with van der Waals surface area (Å²) in [6, 6.07) is 11.3. The van der Waals surface area contributed by atoms with Gasteiger partial charge >= 0.3 is 6.03 Å². The number of hydrogen-bond acceptors (Lipinski definition) is 3. The first-order chi connectivity index (χ1) is 14.2. The molecule has 2 heterocycles. The van der Waals surface area contributed by atoms with E-state index in [2.05, 4.69) is 40.2 Å². The molecule has 3 aliphatic rings. The molecule has 0 bridgehead atoms. The smallest absolute Gasteiger partial charge is 0.315 e. The summed E-state index contributed by atoms with van der Waals surface area (Å²) in [6.07, 6.45) is 9.62. The van der Waals surface area contributed by atoms with Crippen molar-refractivity contribution in [3.63, 3.8) is 0 Å². The van der Waals surface area contributed by atoms with E-state index < -0.39 is 0 Å². The quantitative estimate of drug-likeness (QED) is 0.426. The number of amides is 3. The lowest BCUT2D eigenvalue weighted by Crippen LogP contribution is -2.41. The fourth-order valence-corrected chi connectivity index (χ4v) is 6.66. The molecule has 3 N–H and O–H groups in total. The fraction of sp³-hybridized carbons (Fsp3) is 0.652. The molecule has 0 radical (unpaired) electrons. The van der Waals surface area contributed by atoms with Crippen molar-refractivity contribution in [1.82, 2.24) is 16.0 Å². The van der Waals surface area contributed by atoms with Crippen LogP contribution in [0.5, 0.6) is 0 Å². The minimum atomic E-state index is -0.0268. The molecule has 5 nitrogen and oxygen atoms in total. The lowest BCUT2D eigenvalue weighted by Gasteiger charge is -2.25. The first-order valence-corrected chi connectivity index (χ1v) is 12.3. The van der Waals surface area contributed by atoms with E-state index in [9.17, 15) is 9.59 Å². The third kappa shape index (κ3) is 5.47. The molecule has 1 aromatic rings. The lowest BCUT2D eigenvalue weighted by atomic mass is 9.92. The Labute approximate surface area is 178 Å². The van der Waals surface area contributed by atoms with Gasteiger partial charge in [-0.1, -0.05) is 49.6 Å². The van der Waals surface area contributed by atoms with Crippen LogP contribution in [0.25, 0.3) is 0 Å². The monoisotopic (exact) mass is 415 g/mol. The van der Waals surface area contributed by atoms with Crippen LogP contribution in [0.1, 0.15) is 56.9 Å². The molecule has 158 valence electrons. The molecular formula is C23H33N3O2S. The predicted octanol–water partition coefficient (Wildman–Crippen LogP) is 3.63. The number of fused-ring (bicyclic) bond motifs is 1. The highest BCUT2D eigenvalue weighted by Gasteiger charge is 2.42. The molecule has 0 aromatic heterocycles. The van der Waals surface area contributed by atoms with Crippen LogP contribution in [-0.2, 0) is 11.2 Å². The first kappa shape index (κ1) is 20.6. The van der Waals surface area contributed by atoms with Crippen LogP contribution in [0, 0.1) is 5.92 Å². The van der Waals surface area contributed by atoms with Gasteiger partial charge in [0.2, 0.25) is 5.91 Å². The summed E-state index contributed by atoms with van der Waals surface area (Å²) in [5.41, 5.74) is 1.31. The number of carbonyl (C=O) groups excluding carboxylic acids is 2. The molecule has 4 rings (SSSR count). The van der Waals surface area contributed by atoms with Crippen LogP contribution >= 0.6 is 11.8 Å². The van der Waals surface area contributed by atoms with Crippen molar-refractivity contribution in [2.75, 3.05) is 5.75 Å². The zero-order valence-corrected chi connectivity index (χ0v) is 17.9. The summed E-state index contributed by atoms with van der Waals surface area (Å²) in [4.78, 5) is 24.1. The highest BCUT2D eigenvalue weighted by atomic mass is 32.2. The van der Waals surface area contributed by atoms with Gasteiger partial charge in [-0.15, -0.1) is 0 Å². The van der Waals surface area contributed by atoms with Gasteiger partial charge in [0.15, 0.2) is 0 Å². The van der Waals surface area contributed by atoms with Gasteiger partial charge < -0.3 is 16.0 Å². The maximum absolute atomic E-state index is 12.6. The second-order valence-corrected chi connectivity index (χ2v) is 10.0. The minimum absolute atomic E-state index is 0.0268. The van der Waals surface area contributed by atoms with Crippen molar-refractivity contribution in [3.8, 4) is 0 Å². The summed E-state index contributed by atoms with van der Waals surface area (Å²) in [5.74, 6) is 1.81. The van der Waals surface area contributed by atoms with Crippen LogP contribution in [0.2, 0.25) is 0 Å². The lowest BCUT2D eigenvalue weighted by molar-refractivity contribution is -0.122. The topological polar surface area (TPSA) is 70.2 Å². The molecule has 1 saturated carbocycles. The van der Waals surface area contributed by atoms with Crippen molar-refractivity contribution in [2.45, 2.75) is 81.2 Å². The SMILES string of the molecule is O=C(CCCC[C@@H]1SC[C@@H]2NC(=O)N[C@@H]21)NC(Cc1ccccc1)C1CCCC1. The molecule has 2 aliphatic heterocycles. The molecule has 1 aliphatic carbocycles. The molecule has 1 aromatic carbocycles. The third-order valence-electron chi connectivity index (χ3n) is 6.69. The van der Waals surface area contributed by atoms with E-state index in [-0.39, 0.29) is 30.1 Å². The van der Waals surface area contributed by atoms with Crippen LogP contribution in [0.4, 0.5) is 4.79 Å². The van der Waals surface area contributed by atoms with Crippen molar-refractivity contribution in [3.05, 3.63) is 35.9 Å². The van der Waals surface area contributed by atoms with E-state index in [0.29, 0.717) is 17.6 Å². The third-order valence-corrected chi connectivity index (χ3v) is 8.20. The van der Waals surface area contributed by atoms with Gasteiger partial charge in [-0.2, -0.15) is 11.8 Å². The number of rotatable bonds is 9. The first-order valence-electron chi connectivity index (χ1n) is 11.2. The summed E-state index contributed by atoms with van der Waals surface area (Å²) in [5, 5.41) is 9.88. The largest absolute Gasteiger partial charge is 0.353 e. The summed E-state index contributed by atoms with van der Waals surface area (Å²) < 4.78 is 0. The van der Waals surface area contributed by atoms with E-state index in [1.54, 1.807) is 0 Å².